The number of nitrogens with one attached hydrogen (secondary N) is 1. The fraction of sp³-hybridized carbons (Fsp3) is 0.364. The van der Waals surface area contributed by atoms with Crippen molar-refractivity contribution in [2.45, 2.75) is 39.0 Å². The largest absolute Gasteiger partial charge is 0.465 e. The van der Waals surface area contributed by atoms with E-state index < -0.39 is 6.09 Å². The van der Waals surface area contributed by atoms with E-state index in [1.165, 1.54) is 4.90 Å². The molecule has 1 aliphatic rings. The minimum absolute atomic E-state index is 0.0546. The van der Waals surface area contributed by atoms with E-state index in [-0.39, 0.29) is 18.5 Å². The van der Waals surface area contributed by atoms with Crippen LogP contribution < -0.4 is 5.73 Å². The summed E-state index contributed by atoms with van der Waals surface area (Å²) < 4.78 is 7.76. The topological polar surface area (TPSA) is 146 Å². The third kappa shape index (κ3) is 4.15. The number of benzene rings is 1. The van der Waals surface area contributed by atoms with Crippen molar-refractivity contribution in [2.75, 3.05) is 18.9 Å². The Bertz CT molecular complexity index is 1150. The smallest absolute Gasteiger partial charge is 0.407 e. The number of nitrogens with zero attached hydrogens (tertiary/aromatic N) is 5. The number of hydrogen-bond acceptors (Lipinski definition) is 6. The molecule has 10 heteroatoms. The molecule has 1 amide bonds. The van der Waals surface area contributed by atoms with Gasteiger partial charge in [0.05, 0.1) is 17.9 Å². The van der Waals surface area contributed by atoms with Crippen molar-refractivity contribution in [2.24, 2.45) is 0 Å². The van der Waals surface area contributed by atoms with E-state index in [2.05, 4.69) is 21.1 Å². The predicted molar refractivity (Wildman–Crippen MR) is 117 cm³/mol. The monoisotopic (exact) mass is 435 g/mol. The van der Waals surface area contributed by atoms with Crippen LogP contribution in [0.1, 0.15) is 43.9 Å². The number of anilines is 1. The van der Waals surface area contributed by atoms with Crippen molar-refractivity contribution >= 4 is 11.8 Å². The molecule has 0 bridgehead atoms. The molecule has 0 aliphatic carbocycles. The molecule has 1 aliphatic heterocycles. The number of aromatic nitrogens is 4. The highest BCUT2D eigenvalue weighted by molar-refractivity contribution is 5.81. The van der Waals surface area contributed by atoms with Crippen molar-refractivity contribution < 1.29 is 14.6 Å². The molecule has 4 rings (SSSR count). The lowest BCUT2D eigenvalue weighted by atomic mass is 10.0. The summed E-state index contributed by atoms with van der Waals surface area (Å²) in [5.74, 6) is 0.386. The summed E-state index contributed by atoms with van der Waals surface area (Å²) in [4.78, 5) is 19.8. The van der Waals surface area contributed by atoms with Gasteiger partial charge < -0.3 is 25.5 Å². The van der Waals surface area contributed by atoms with E-state index in [0.29, 0.717) is 29.3 Å². The van der Waals surface area contributed by atoms with Crippen LogP contribution in [-0.4, -0.2) is 49.0 Å². The first-order valence-electron chi connectivity index (χ1n) is 10.5. The maximum Gasteiger partial charge on any atom is 0.407 e. The zero-order chi connectivity index (χ0) is 22.7. The van der Waals surface area contributed by atoms with Gasteiger partial charge in [0.25, 0.3) is 0 Å². The lowest BCUT2D eigenvalue weighted by Crippen LogP contribution is -2.28. The summed E-state index contributed by atoms with van der Waals surface area (Å²) in [6.45, 7) is 2.83. The Balaban J connectivity index is 1.64. The van der Waals surface area contributed by atoms with Crippen LogP contribution in [0, 0.1) is 11.3 Å². The first-order chi connectivity index (χ1) is 15.5. The van der Waals surface area contributed by atoms with Gasteiger partial charge in [0.2, 0.25) is 0 Å². The first-order valence-corrected chi connectivity index (χ1v) is 10.5. The van der Waals surface area contributed by atoms with Crippen LogP contribution in [0.5, 0.6) is 0 Å². The van der Waals surface area contributed by atoms with Gasteiger partial charge in [-0.05, 0) is 38.3 Å². The Morgan fingerprint density at radius 1 is 1.44 bits per heavy atom. The Kier molecular flexibility index (Phi) is 6.09. The number of imidazole rings is 1. The molecule has 3 heterocycles. The molecule has 3 aromatic rings. The van der Waals surface area contributed by atoms with E-state index in [1.807, 2.05) is 28.9 Å². The zero-order valence-corrected chi connectivity index (χ0v) is 17.8. The highest BCUT2D eigenvalue weighted by Crippen LogP contribution is 2.33. The van der Waals surface area contributed by atoms with E-state index in [9.17, 15) is 15.2 Å². The molecule has 0 spiro atoms. The second kappa shape index (κ2) is 9.11. The summed E-state index contributed by atoms with van der Waals surface area (Å²) in [5.41, 5.74) is 9.90. The number of ether oxygens (including phenoxy) is 1. The van der Waals surface area contributed by atoms with Crippen LogP contribution in [0.15, 0.2) is 30.5 Å². The van der Waals surface area contributed by atoms with Gasteiger partial charge >= 0.3 is 6.09 Å². The molecule has 1 atom stereocenters. The number of aromatic amines is 1. The summed E-state index contributed by atoms with van der Waals surface area (Å²) in [5, 5.41) is 23.2. The second-order valence-corrected chi connectivity index (χ2v) is 7.60. The highest BCUT2D eigenvalue weighted by Gasteiger charge is 2.21. The molecule has 32 heavy (non-hydrogen) atoms. The highest BCUT2D eigenvalue weighted by atomic mass is 16.5. The molecular formula is C22H25N7O3. The molecule has 0 saturated carbocycles. The molecule has 1 aromatic carbocycles. The fourth-order valence-electron chi connectivity index (χ4n) is 3.91. The molecule has 1 unspecified atom stereocenters. The van der Waals surface area contributed by atoms with Crippen molar-refractivity contribution in [1.82, 2.24) is 24.6 Å². The number of hydrogen-bond donors (Lipinski definition) is 3. The first kappa shape index (κ1) is 21.4. The van der Waals surface area contributed by atoms with Gasteiger partial charge in [0.15, 0.2) is 11.9 Å². The van der Waals surface area contributed by atoms with Crippen LogP contribution in [0.3, 0.4) is 0 Å². The van der Waals surface area contributed by atoms with Crippen LogP contribution >= 0.6 is 0 Å². The van der Waals surface area contributed by atoms with Gasteiger partial charge in [-0.25, -0.2) is 14.5 Å². The predicted octanol–water partition coefficient (Wildman–Crippen LogP) is 3.59. The number of carbonyl (C=O) groups is 1. The zero-order valence-electron chi connectivity index (χ0n) is 17.8. The van der Waals surface area contributed by atoms with Crippen molar-refractivity contribution in [3.8, 4) is 28.6 Å². The van der Waals surface area contributed by atoms with Crippen molar-refractivity contribution in [3.05, 3.63) is 42.0 Å². The maximum atomic E-state index is 11.3. The van der Waals surface area contributed by atoms with E-state index in [1.54, 1.807) is 13.1 Å². The number of nitrogens with two attached hydrogens (primary N) is 1. The maximum absolute atomic E-state index is 11.3. The van der Waals surface area contributed by atoms with Crippen LogP contribution in [-0.2, 0) is 11.3 Å². The standard InChI is InChI=1S/C22H25N7O3/c1-2-28(22(30)31)13-19-26-17(12-23)21(27-19)15-7-6-14(11-16(15)24)18-8-9-25-29(18)20-5-3-4-10-32-20/h6-9,11,20H,2-5,10,13,24H2,1H3,(H,26,27)(H,30,31). The SMILES string of the molecule is CCN(Cc1nc(C#N)c(-c2ccc(-c3ccnn3C3CCCCO3)cc2N)[nH]1)C(=O)O. The fourth-order valence-corrected chi connectivity index (χ4v) is 3.91. The normalized spacial score (nSPS) is 15.9. The minimum atomic E-state index is -1.05. The van der Waals surface area contributed by atoms with Gasteiger partial charge in [-0.15, -0.1) is 0 Å². The summed E-state index contributed by atoms with van der Waals surface area (Å²) in [7, 11) is 0. The Morgan fingerprint density at radius 3 is 2.94 bits per heavy atom. The lowest BCUT2D eigenvalue weighted by Gasteiger charge is -2.24. The average molecular weight is 435 g/mol. The summed E-state index contributed by atoms with van der Waals surface area (Å²) in [6.07, 6.45) is 3.67. The summed E-state index contributed by atoms with van der Waals surface area (Å²) in [6, 6.07) is 9.57. The van der Waals surface area contributed by atoms with Gasteiger partial charge in [0.1, 0.15) is 11.9 Å². The average Bonchev–Trinajstić information content (AvgIpc) is 3.45. The van der Waals surface area contributed by atoms with E-state index in [0.717, 1.165) is 37.1 Å². The van der Waals surface area contributed by atoms with Crippen LogP contribution in [0.25, 0.3) is 22.5 Å². The lowest BCUT2D eigenvalue weighted by molar-refractivity contribution is -0.0383. The van der Waals surface area contributed by atoms with Crippen LogP contribution in [0.2, 0.25) is 0 Å². The molecule has 1 fully saturated rings. The second-order valence-electron chi connectivity index (χ2n) is 7.60. The number of H-pyrrole nitrogens is 1. The van der Waals surface area contributed by atoms with E-state index in [4.69, 9.17) is 10.5 Å². The number of rotatable bonds is 6. The third-order valence-corrected chi connectivity index (χ3v) is 5.57. The third-order valence-electron chi connectivity index (χ3n) is 5.57. The van der Waals surface area contributed by atoms with Gasteiger partial charge in [0, 0.05) is 36.2 Å². The number of nitrogen functional groups attached to an aromatic ring is 1. The number of carboxylic acid groups (broad SMARTS) is 1. The van der Waals surface area contributed by atoms with Gasteiger partial charge in [-0.1, -0.05) is 12.1 Å². The minimum Gasteiger partial charge on any atom is -0.465 e. The van der Waals surface area contributed by atoms with E-state index >= 15 is 0 Å². The number of nitriles is 1. The number of amides is 1. The molecular weight excluding hydrogens is 410 g/mol. The molecule has 1 saturated heterocycles. The Hall–Kier alpha value is -3.84. The Labute approximate surface area is 185 Å². The van der Waals surface area contributed by atoms with Crippen molar-refractivity contribution in [3.63, 3.8) is 0 Å². The van der Waals surface area contributed by atoms with Gasteiger partial charge in [-0.2, -0.15) is 10.4 Å². The molecule has 2 aromatic heterocycles. The van der Waals surface area contributed by atoms with Crippen molar-refractivity contribution in [1.29, 1.82) is 5.26 Å². The Morgan fingerprint density at radius 2 is 2.28 bits per heavy atom. The van der Waals surface area contributed by atoms with Gasteiger partial charge in [-0.3, -0.25) is 0 Å². The summed E-state index contributed by atoms with van der Waals surface area (Å²) >= 11 is 0. The molecule has 10 nitrogen and oxygen atoms in total. The molecule has 166 valence electrons. The quantitative estimate of drug-likeness (QED) is 0.501. The molecule has 4 N–H and O–H groups in total. The van der Waals surface area contributed by atoms with Crippen LogP contribution in [0.4, 0.5) is 10.5 Å². The molecule has 0 radical (unpaired) electrons.